The van der Waals surface area contributed by atoms with E-state index >= 15 is 0 Å². The van der Waals surface area contributed by atoms with E-state index in [0.717, 1.165) is 28.0 Å². The number of hydrogen-bond acceptors (Lipinski definition) is 5. The molecule has 3 rings (SSSR count). The van der Waals surface area contributed by atoms with Crippen LogP contribution in [0.1, 0.15) is 24.4 Å². The van der Waals surface area contributed by atoms with Gasteiger partial charge in [0.05, 0.1) is 7.11 Å². The number of ether oxygens (including phenoxy) is 2. The average molecular weight is 424 g/mol. The van der Waals surface area contributed by atoms with E-state index in [4.69, 9.17) is 32.7 Å². The molecule has 142 valence electrons. The number of benzene rings is 2. The van der Waals surface area contributed by atoms with Crippen molar-refractivity contribution in [1.29, 1.82) is 0 Å². The molecular formula is C19H19Cl2N3O2S. The number of methoxy groups -OCH3 is 1. The summed E-state index contributed by atoms with van der Waals surface area (Å²) in [5.74, 6) is 2.95. The van der Waals surface area contributed by atoms with Gasteiger partial charge in [-0.3, -0.25) is 0 Å². The number of hydrogen-bond donors (Lipinski definition) is 0. The van der Waals surface area contributed by atoms with Crippen LogP contribution in [0.5, 0.6) is 11.5 Å². The average Bonchev–Trinajstić information content (AvgIpc) is 3.02. The Morgan fingerprint density at radius 1 is 1.07 bits per heavy atom. The van der Waals surface area contributed by atoms with Gasteiger partial charge in [0.1, 0.15) is 11.5 Å². The first-order valence-electron chi connectivity index (χ1n) is 8.24. The molecule has 1 unspecified atom stereocenters. The minimum atomic E-state index is -0.246. The van der Waals surface area contributed by atoms with Crippen LogP contribution in [0, 0.1) is 0 Å². The Kier molecular flexibility index (Phi) is 6.52. The number of thioether (sulfide) groups is 1. The Morgan fingerprint density at radius 2 is 1.78 bits per heavy atom. The van der Waals surface area contributed by atoms with E-state index in [1.54, 1.807) is 24.9 Å². The lowest BCUT2D eigenvalue weighted by Crippen LogP contribution is -2.10. The summed E-state index contributed by atoms with van der Waals surface area (Å²) in [4.78, 5) is 0. The van der Waals surface area contributed by atoms with Gasteiger partial charge in [0.15, 0.2) is 17.1 Å². The Hall–Kier alpha value is -1.89. The third kappa shape index (κ3) is 4.89. The summed E-state index contributed by atoms with van der Waals surface area (Å²) in [6.07, 6.45) is -0.246. The first-order chi connectivity index (χ1) is 13.0. The highest BCUT2D eigenvalue weighted by atomic mass is 35.5. The van der Waals surface area contributed by atoms with E-state index in [1.807, 2.05) is 54.9 Å². The quantitative estimate of drug-likeness (QED) is 0.465. The highest BCUT2D eigenvalue weighted by Gasteiger charge is 2.17. The van der Waals surface area contributed by atoms with Gasteiger partial charge in [-0.25, -0.2) is 0 Å². The molecule has 3 aromatic rings. The van der Waals surface area contributed by atoms with Crippen LogP contribution >= 0.6 is 35.0 Å². The Morgan fingerprint density at radius 3 is 2.44 bits per heavy atom. The second kappa shape index (κ2) is 8.87. The van der Waals surface area contributed by atoms with Gasteiger partial charge >= 0.3 is 0 Å². The van der Waals surface area contributed by atoms with E-state index in [1.165, 1.54) is 0 Å². The number of aromatic nitrogens is 3. The molecule has 0 radical (unpaired) electrons. The van der Waals surface area contributed by atoms with Crippen LogP contribution in [0.25, 0.3) is 0 Å². The van der Waals surface area contributed by atoms with Crippen LogP contribution < -0.4 is 9.47 Å². The third-order valence-electron chi connectivity index (χ3n) is 3.98. The molecule has 0 spiro atoms. The molecule has 0 bridgehead atoms. The molecule has 0 aliphatic rings. The van der Waals surface area contributed by atoms with Crippen molar-refractivity contribution in [2.45, 2.75) is 23.9 Å². The smallest absolute Gasteiger partial charge is 0.191 e. The summed E-state index contributed by atoms with van der Waals surface area (Å²) in [7, 11) is 3.56. The first kappa shape index (κ1) is 19.9. The second-order valence-electron chi connectivity index (χ2n) is 5.86. The second-order valence-corrected chi connectivity index (χ2v) is 7.65. The summed E-state index contributed by atoms with van der Waals surface area (Å²) in [5.41, 5.74) is 0.998. The van der Waals surface area contributed by atoms with Gasteiger partial charge in [-0.1, -0.05) is 41.0 Å². The molecule has 1 heterocycles. The van der Waals surface area contributed by atoms with Crippen molar-refractivity contribution in [3.8, 4) is 11.5 Å². The lowest BCUT2D eigenvalue weighted by molar-refractivity contribution is 0.211. The minimum Gasteiger partial charge on any atom is -0.497 e. The van der Waals surface area contributed by atoms with Crippen LogP contribution in [0.4, 0.5) is 0 Å². The van der Waals surface area contributed by atoms with Crippen molar-refractivity contribution < 1.29 is 9.47 Å². The van der Waals surface area contributed by atoms with Crippen molar-refractivity contribution in [3.05, 3.63) is 63.9 Å². The summed E-state index contributed by atoms with van der Waals surface area (Å²) in [6.45, 7) is 1.94. The maximum atomic E-state index is 6.23. The van der Waals surface area contributed by atoms with Crippen molar-refractivity contribution in [3.63, 3.8) is 0 Å². The molecule has 2 aromatic carbocycles. The molecule has 1 aromatic heterocycles. The zero-order chi connectivity index (χ0) is 19.4. The predicted octanol–water partition coefficient (Wildman–Crippen LogP) is 5.56. The van der Waals surface area contributed by atoms with E-state index in [9.17, 15) is 0 Å². The van der Waals surface area contributed by atoms with E-state index < -0.39 is 0 Å². The fraction of sp³-hybridized carbons (Fsp3) is 0.263. The largest absolute Gasteiger partial charge is 0.497 e. The Labute approximate surface area is 172 Å². The summed E-state index contributed by atoms with van der Waals surface area (Å²) < 4.78 is 13.1. The van der Waals surface area contributed by atoms with Gasteiger partial charge in [-0.05, 0) is 48.9 Å². The molecule has 0 saturated carbocycles. The number of nitrogens with zero attached hydrogens (tertiary/aromatic N) is 3. The third-order valence-corrected chi connectivity index (χ3v) is 5.63. The topological polar surface area (TPSA) is 49.2 Å². The molecule has 8 heteroatoms. The SMILES string of the molecule is COc1ccc(OC(C)c2nnc(SCc3ccc(Cl)cc3Cl)n2C)cc1. The highest BCUT2D eigenvalue weighted by molar-refractivity contribution is 7.98. The molecule has 0 saturated heterocycles. The molecule has 5 nitrogen and oxygen atoms in total. The van der Waals surface area contributed by atoms with Crippen molar-refractivity contribution >= 4 is 35.0 Å². The van der Waals surface area contributed by atoms with Crippen molar-refractivity contribution in [1.82, 2.24) is 14.8 Å². The van der Waals surface area contributed by atoms with Crippen LogP contribution in [0.2, 0.25) is 10.0 Å². The molecule has 0 fully saturated rings. The lowest BCUT2D eigenvalue weighted by Gasteiger charge is -2.14. The molecular weight excluding hydrogens is 405 g/mol. The minimum absolute atomic E-state index is 0.246. The molecule has 0 amide bonds. The fourth-order valence-electron chi connectivity index (χ4n) is 2.50. The van der Waals surface area contributed by atoms with Gasteiger partial charge in [-0.2, -0.15) is 0 Å². The monoisotopic (exact) mass is 423 g/mol. The number of rotatable bonds is 7. The predicted molar refractivity (Wildman–Crippen MR) is 109 cm³/mol. The van der Waals surface area contributed by atoms with E-state index in [-0.39, 0.29) is 6.10 Å². The normalized spacial score (nSPS) is 12.0. The van der Waals surface area contributed by atoms with E-state index in [2.05, 4.69) is 10.2 Å². The zero-order valence-electron chi connectivity index (χ0n) is 15.1. The summed E-state index contributed by atoms with van der Waals surface area (Å²) in [6, 6.07) is 12.9. The molecule has 0 aliphatic carbocycles. The van der Waals surface area contributed by atoms with Gasteiger partial charge in [-0.15, -0.1) is 10.2 Å². The fourth-order valence-corrected chi connectivity index (χ4v) is 3.97. The van der Waals surface area contributed by atoms with Crippen LogP contribution in [0.3, 0.4) is 0 Å². The first-order valence-corrected chi connectivity index (χ1v) is 9.99. The van der Waals surface area contributed by atoms with Gasteiger partial charge in [0.2, 0.25) is 0 Å². The van der Waals surface area contributed by atoms with Crippen LogP contribution in [-0.2, 0) is 12.8 Å². The number of halogens is 2. The Bertz CT molecular complexity index is 916. The molecule has 0 N–H and O–H groups in total. The van der Waals surface area contributed by atoms with Crippen LogP contribution in [-0.4, -0.2) is 21.9 Å². The Balaban J connectivity index is 1.66. The molecule has 0 aliphatic heterocycles. The van der Waals surface area contributed by atoms with Gasteiger partial charge in [0, 0.05) is 22.8 Å². The lowest BCUT2D eigenvalue weighted by atomic mass is 10.2. The maximum Gasteiger partial charge on any atom is 0.191 e. The van der Waals surface area contributed by atoms with Crippen LogP contribution in [0.15, 0.2) is 47.6 Å². The van der Waals surface area contributed by atoms with Gasteiger partial charge < -0.3 is 14.0 Å². The molecule has 27 heavy (non-hydrogen) atoms. The maximum absolute atomic E-state index is 6.23. The van der Waals surface area contributed by atoms with Gasteiger partial charge in [0.25, 0.3) is 0 Å². The summed E-state index contributed by atoms with van der Waals surface area (Å²) >= 11 is 13.7. The van der Waals surface area contributed by atoms with Crippen molar-refractivity contribution in [2.75, 3.05) is 7.11 Å². The van der Waals surface area contributed by atoms with E-state index in [0.29, 0.717) is 15.8 Å². The zero-order valence-corrected chi connectivity index (χ0v) is 17.5. The van der Waals surface area contributed by atoms with Crippen molar-refractivity contribution in [2.24, 2.45) is 7.05 Å². The highest BCUT2D eigenvalue weighted by Crippen LogP contribution is 2.29. The summed E-state index contributed by atoms with van der Waals surface area (Å²) in [5, 5.41) is 10.6. The molecule has 1 atom stereocenters. The standard InChI is InChI=1S/C19H19Cl2N3O2S/c1-12(26-16-8-6-15(25-3)7-9-16)18-22-23-19(24(18)2)27-11-13-4-5-14(20)10-17(13)21/h4-10,12H,11H2,1-3H3.